The first kappa shape index (κ1) is 27.7. The minimum Gasteiger partial charge on any atom is -0.490 e. The second kappa shape index (κ2) is 9.96. The lowest BCUT2D eigenvalue weighted by Crippen LogP contribution is -2.35. The van der Waals surface area contributed by atoms with Gasteiger partial charge in [-0.2, -0.15) is 19.7 Å². The Morgan fingerprint density at radius 1 is 1.00 bits per heavy atom. The van der Waals surface area contributed by atoms with Gasteiger partial charge in [-0.1, -0.05) is 11.6 Å². The third kappa shape index (κ3) is 4.51. The van der Waals surface area contributed by atoms with Crippen molar-refractivity contribution >= 4 is 40.4 Å². The predicted octanol–water partition coefficient (Wildman–Crippen LogP) is 4.87. The number of nitrogens with zero attached hydrogens (tertiary/aromatic N) is 5. The molecule has 2 aromatic heterocycles. The van der Waals surface area contributed by atoms with Gasteiger partial charge in [0.1, 0.15) is 0 Å². The topological polar surface area (TPSA) is 101 Å². The van der Waals surface area contributed by atoms with E-state index in [4.69, 9.17) is 16.3 Å². The van der Waals surface area contributed by atoms with E-state index in [0.29, 0.717) is 30.1 Å². The number of carbonyl (C=O) groups is 2. The predicted molar refractivity (Wildman–Crippen MR) is 147 cm³/mol. The Balaban J connectivity index is 1.22. The number of hydrogen-bond acceptors (Lipinski definition) is 6. The number of carbonyl (C=O) groups excluding carboxylic acids is 2. The Hall–Kier alpha value is -3.86. The van der Waals surface area contributed by atoms with Crippen LogP contribution in [0, 0.1) is 29.4 Å². The molecular formula is C28H29ClF2N6O3. The van der Waals surface area contributed by atoms with Crippen molar-refractivity contribution in [3.05, 3.63) is 63.9 Å². The van der Waals surface area contributed by atoms with Crippen molar-refractivity contribution in [1.29, 1.82) is 0 Å². The van der Waals surface area contributed by atoms with E-state index in [1.54, 1.807) is 30.6 Å². The number of amides is 2. The molecule has 12 heteroatoms. The molecule has 1 N–H and O–H groups in total. The molecule has 40 heavy (non-hydrogen) atoms. The average Bonchev–Trinajstić information content (AvgIpc) is 3.43. The molecular weight excluding hydrogens is 542 g/mol. The molecule has 0 saturated carbocycles. The Morgan fingerprint density at radius 2 is 1.75 bits per heavy atom. The highest BCUT2D eigenvalue weighted by Crippen LogP contribution is 2.35. The van der Waals surface area contributed by atoms with Crippen molar-refractivity contribution in [3.63, 3.8) is 0 Å². The maximum absolute atomic E-state index is 14.8. The second-order valence-corrected chi connectivity index (χ2v) is 11.4. The largest absolute Gasteiger partial charge is 0.490 e. The molecule has 2 amide bonds. The zero-order chi connectivity index (χ0) is 29.0. The van der Waals surface area contributed by atoms with Crippen LogP contribution >= 0.6 is 11.6 Å². The highest BCUT2D eigenvalue weighted by Gasteiger charge is 2.45. The van der Waals surface area contributed by atoms with E-state index in [1.807, 2.05) is 26.8 Å². The van der Waals surface area contributed by atoms with Gasteiger partial charge in [0, 0.05) is 23.9 Å². The fourth-order valence-corrected chi connectivity index (χ4v) is 5.08. The zero-order valence-electron chi connectivity index (χ0n) is 22.8. The lowest BCUT2D eigenvalue weighted by atomic mass is 9.83. The lowest BCUT2D eigenvalue weighted by Gasteiger charge is -2.19. The molecule has 4 heterocycles. The quantitative estimate of drug-likeness (QED) is 0.391. The molecule has 0 atom stereocenters. The number of nitrogens with one attached hydrogen (secondary N) is 1. The number of pyridine rings is 1. The van der Waals surface area contributed by atoms with Crippen LogP contribution in [0.15, 0.2) is 40.7 Å². The monoisotopic (exact) mass is 570 g/mol. The Morgan fingerprint density at radius 3 is 2.45 bits per heavy atom. The first-order valence-electron chi connectivity index (χ1n) is 12.9. The van der Waals surface area contributed by atoms with Crippen LogP contribution in [-0.4, -0.2) is 51.0 Å². The Labute approximate surface area is 234 Å². The first-order valence-corrected chi connectivity index (χ1v) is 13.3. The Bertz CT molecular complexity index is 1610. The van der Waals surface area contributed by atoms with E-state index in [0.717, 1.165) is 16.8 Å². The number of rotatable bonds is 8. The van der Waals surface area contributed by atoms with Gasteiger partial charge in [0.05, 0.1) is 45.1 Å². The van der Waals surface area contributed by atoms with Gasteiger partial charge in [0.2, 0.25) is 5.82 Å². The summed E-state index contributed by atoms with van der Waals surface area (Å²) in [6.45, 7) is 9.16. The first-order chi connectivity index (χ1) is 18.8. The van der Waals surface area contributed by atoms with Gasteiger partial charge < -0.3 is 4.74 Å². The molecule has 3 aromatic rings. The molecule has 9 nitrogen and oxygen atoms in total. The normalized spacial score (nSPS) is 17.9. The van der Waals surface area contributed by atoms with Gasteiger partial charge in [0.15, 0.2) is 11.6 Å². The van der Waals surface area contributed by atoms with Gasteiger partial charge in [0.25, 0.3) is 11.8 Å². The van der Waals surface area contributed by atoms with Crippen molar-refractivity contribution in [3.8, 4) is 5.75 Å². The summed E-state index contributed by atoms with van der Waals surface area (Å²) in [6.07, 6.45) is 2.72. The molecule has 5 rings (SSSR count). The molecule has 0 aliphatic carbocycles. The molecule has 2 aliphatic heterocycles. The van der Waals surface area contributed by atoms with Crippen LogP contribution in [0.25, 0.3) is 5.52 Å². The average molecular weight is 571 g/mol. The van der Waals surface area contributed by atoms with Crippen molar-refractivity contribution in [2.45, 2.75) is 47.5 Å². The standard InChI is InChI=1S/C28H29ClF2N6O3/c1-15-20(18-10-8-16(29)14-37(18)34-15)24-28(4,5)26(39)36(35-24)12-6-7-13-40-19-11-9-17(21(30)22(19)31)23-27(2,3)25(38)33-32-23/h8-11,14H,6-7,12-13H2,1-5H3,(H,33,38). The van der Waals surface area contributed by atoms with Crippen LogP contribution < -0.4 is 10.2 Å². The number of hydrogen-bond donors (Lipinski definition) is 1. The summed E-state index contributed by atoms with van der Waals surface area (Å²) < 4.78 is 36.8. The van der Waals surface area contributed by atoms with E-state index >= 15 is 0 Å². The molecule has 0 saturated heterocycles. The van der Waals surface area contributed by atoms with Crippen molar-refractivity contribution < 1.29 is 23.1 Å². The molecule has 210 valence electrons. The summed E-state index contributed by atoms with van der Waals surface area (Å²) in [5, 5.41) is 15.1. The molecule has 0 fully saturated rings. The number of halogens is 3. The number of aryl methyl sites for hydroxylation is 1. The van der Waals surface area contributed by atoms with Crippen molar-refractivity contribution in [2.24, 2.45) is 21.0 Å². The fourth-order valence-electron chi connectivity index (χ4n) is 4.93. The number of fused-ring (bicyclic) bond motifs is 1. The SMILES string of the molecule is Cc1nn2cc(Cl)ccc2c1C1=NN(CCCCOc2ccc(C3=NNC(=O)C3(C)C)c(F)c2F)C(=O)C1(C)C. The third-order valence-electron chi connectivity index (χ3n) is 7.34. The van der Waals surface area contributed by atoms with Gasteiger partial charge in [-0.3, -0.25) is 9.59 Å². The van der Waals surface area contributed by atoms with Crippen LogP contribution in [-0.2, 0) is 9.59 Å². The smallest absolute Gasteiger partial charge is 0.254 e. The van der Waals surface area contributed by atoms with Crippen LogP contribution in [0.4, 0.5) is 8.78 Å². The molecule has 2 aliphatic rings. The maximum atomic E-state index is 14.8. The molecule has 0 bridgehead atoms. The fraction of sp³-hybridized carbons (Fsp3) is 0.393. The lowest BCUT2D eigenvalue weighted by molar-refractivity contribution is -0.135. The van der Waals surface area contributed by atoms with Gasteiger partial charge in [-0.15, -0.1) is 0 Å². The number of benzene rings is 1. The van der Waals surface area contributed by atoms with Crippen molar-refractivity contribution in [2.75, 3.05) is 13.2 Å². The van der Waals surface area contributed by atoms with Crippen LogP contribution in [0.2, 0.25) is 5.02 Å². The highest BCUT2D eigenvalue weighted by atomic mass is 35.5. The number of unbranched alkanes of at least 4 members (excludes halogenated alkanes) is 1. The minimum absolute atomic E-state index is 0.0958. The van der Waals surface area contributed by atoms with E-state index in [9.17, 15) is 18.4 Å². The van der Waals surface area contributed by atoms with Crippen LogP contribution in [0.3, 0.4) is 0 Å². The number of aromatic nitrogens is 2. The summed E-state index contributed by atoms with van der Waals surface area (Å²) in [5.74, 6) is -3.04. The van der Waals surface area contributed by atoms with E-state index in [1.165, 1.54) is 17.1 Å². The molecule has 0 spiro atoms. The van der Waals surface area contributed by atoms with Gasteiger partial charge in [-0.25, -0.2) is 19.3 Å². The summed E-state index contributed by atoms with van der Waals surface area (Å²) in [5.41, 5.74) is 3.37. The van der Waals surface area contributed by atoms with Gasteiger partial charge in [-0.05, 0) is 71.7 Å². The van der Waals surface area contributed by atoms with E-state index < -0.39 is 28.4 Å². The van der Waals surface area contributed by atoms with Crippen LogP contribution in [0.5, 0.6) is 5.75 Å². The molecule has 1 aromatic carbocycles. The number of hydrazone groups is 2. The summed E-state index contributed by atoms with van der Waals surface area (Å²) in [7, 11) is 0. The van der Waals surface area contributed by atoms with Gasteiger partial charge >= 0.3 is 0 Å². The zero-order valence-corrected chi connectivity index (χ0v) is 23.6. The minimum atomic E-state index is -1.15. The molecule has 0 unspecified atom stereocenters. The molecule has 0 radical (unpaired) electrons. The second-order valence-electron chi connectivity index (χ2n) is 11.0. The maximum Gasteiger partial charge on any atom is 0.254 e. The Kier molecular flexibility index (Phi) is 6.89. The summed E-state index contributed by atoms with van der Waals surface area (Å²) >= 11 is 6.11. The summed E-state index contributed by atoms with van der Waals surface area (Å²) in [4.78, 5) is 25.2. The van der Waals surface area contributed by atoms with Crippen LogP contribution in [0.1, 0.15) is 57.4 Å². The van der Waals surface area contributed by atoms with E-state index in [2.05, 4.69) is 20.7 Å². The van der Waals surface area contributed by atoms with E-state index in [-0.39, 0.29) is 29.5 Å². The highest BCUT2D eigenvalue weighted by molar-refractivity contribution is 6.30. The number of ether oxygens (including phenoxy) is 1. The van der Waals surface area contributed by atoms with Crippen molar-refractivity contribution in [1.82, 2.24) is 20.0 Å². The summed E-state index contributed by atoms with van der Waals surface area (Å²) in [6, 6.07) is 6.30. The third-order valence-corrected chi connectivity index (χ3v) is 7.56.